The topological polar surface area (TPSA) is 50.9 Å². The van der Waals surface area contributed by atoms with Gasteiger partial charge in [-0.05, 0) is 19.2 Å². The summed E-state index contributed by atoms with van der Waals surface area (Å²) in [4.78, 5) is 4.25. The zero-order valence-electron chi connectivity index (χ0n) is 7.33. The first-order valence-electron chi connectivity index (χ1n) is 4.14. The maximum atomic E-state index is 5.61. The van der Waals surface area contributed by atoms with Crippen molar-refractivity contribution in [2.45, 2.75) is 5.92 Å². The Morgan fingerprint density at radius 2 is 2.42 bits per heavy atom. The molecule has 1 unspecified atom stereocenters. The number of pyridine rings is 1. The lowest BCUT2D eigenvalue weighted by Crippen LogP contribution is -2.24. The van der Waals surface area contributed by atoms with E-state index >= 15 is 0 Å². The molecule has 1 aromatic rings. The summed E-state index contributed by atoms with van der Waals surface area (Å²) >= 11 is 0. The van der Waals surface area contributed by atoms with Gasteiger partial charge in [-0.3, -0.25) is 4.98 Å². The molecule has 1 heterocycles. The number of hydrogen-bond donors (Lipinski definition) is 2. The Bertz CT molecular complexity index is 210. The molecule has 0 spiro atoms. The average Bonchev–Trinajstić information content (AvgIpc) is 2.15. The molecule has 0 saturated heterocycles. The van der Waals surface area contributed by atoms with E-state index in [1.54, 1.807) is 6.20 Å². The van der Waals surface area contributed by atoms with Gasteiger partial charge in [0.15, 0.2) is 0 Å². The van der Waals surface area contributed by atoms with E-state index in [9.17, 15) is 0 Å². The summed E-state index contributed by atoms with van der Waals surface area (Å²) < 4.78 is 0. The van der Waals surface area contributed by atoms with Crippen molar-refractivity contribution < 1.29 is 0 Å². The lowest BCUT2D eigenvalue weighted by atomic mass is 10.1. The first-order chi connectivity index (χ1) is 5.88. The SMILES string of the molecule is CNCC(CN)c1ccccn1. The van der Waals surface area contributed by atoms with E-state index in [0.717, 1.165) is 12.2 Å². The lowest BCUT2D eigenvalue weighted by molar-refractivity contribution is 0.622. The van der Waals surface area contributed by atoms with Crippen molar-refractivity contribution in [2.24, 2.45) is 5.73 Å². The second-order valence-corrected chi connectivity index (χ2v) is 2.74. The molecule has 0 bridgehead atoms. The number of rotatable bonds is 4. The number of hydrogen-bond acceptors (Lipinski definition) is 3. The fourth-order valence-electron chi connectivity index (χ4n) is 1.17. The maximum Gasteiger partial charge on any atom is 0.0459 e. The van der Waals surface area contributed by atoms with Crippen molar-refractivity contribution in [2.75, 3.05) is 20.1 Å². The Labute approximate surface area is 73.0 Å². The molecule has 1 atom stereocenters. The molecule has 0 aliphatic heterocycles. The van der Waals surface area contributed by atoms with Gasteiger partial charge in [-0.2, -0.15) is 0 Å². The Morgan fingerprint density at radius 1 is 1.58 bits per heavy atom. The Kier molecular flexibility index (Phi) is 3.70. The monoisotopic (exact) mass is 165 g/mol. The number of likely N-dealkylation sites (N-methyl/N-ethyl adjacent to an activating group) is 1. The normalized spacial score (nSPS) is 12.8. The first-order valence-corrected chi connectivity index (χ1v) is 4.14. The number of aromatic nitrogens is 1. The highest BCUT2D eigenvalue weighted by Crippen LogP contribution is 2.08. The Balaban J connectivity index is 2.66. The summed E-state index contributed by atoms with van der Waals surface area (Å²) in [5.41, 5.74) is 6.68. The van der Waals surface area contributed by atoms with Crippen LogP contribution in [-0.4, -0.2) is 25.1 Å². The predicted molar refractivity (Wildman–Crippen MR) is 50.0 cm³/mol. The molecule has 3 nitrogen and oxygen atoms in total. The summed E-state index contributed by atoms with van der Waals surface area (Å²) in [5.74, 6) is 0.330. The van der Waals surface area contributed by atoms with Crippen LogP contribution in [0.2, 0.25) is 0 Å². The molecule has 3 heteroatoms. The number of nitrogens with two attached hydrogens (primary N) is 1. The van der Waals surface area contributed by atoms with E-state index in [2.05, 4.69) is 10.3 Å². The van der Waals surface area contributed by atoms with Crippen molar-refractivity contribution in [3.05, 3.63) is 30.1 Å². The summed E-state index contributed by atoms with van der Waals surface area (Å²) in [5, 5.41) is 3.10. The zero-order chi connectivity index (χ0) is 8.81. The van der Waals surface area contributed by atoms with Crippen LogP contribution in [-0.2, 0) is 0 Å². The number of nitrogens with zero attached hydrogens (tertiary/aromatic N) is 1. The third kappa shape index (κ3) is 2.29. The Hall–Kier alpha value is -0.930. The van der Waals surface area contributed by atoms with Crippen LogP contribution in [0, 0.1) is 0 Å². The van der Waals surface area contributed by atoms with Gasteiger partial charge in [-0.15, -0.1) is 0 Å². The first kappa shape index (κ1) is 9.16. The molecule has 0 radical (unpaired) electrons. The summed E-state index contributed by atoms with van der Waals surface area (Å²) in [6.07, 6.45) is 1.80. The van der Waals surface area contributed by atoms with E-state index in [4.69, 9.17) is 5.73 Å². The van der Waals surface area contributed by atoms with Crippen LogP contribution >= 0.6 is 0 Å². The number of nitrogens with one attached hydrogen (secondary N) is 1. The van der Waals surface area contributed by atoms with Gasteiger partial charge in [0.2, 0.25) is 0 Å². The van der Waals surface area contributed by atoms with Crippen LogP contribution in [0.1, 0.15) is 11.6 Å². The van der Waals surface area contributed by atoms with Gasteiger partial charge in [0, 0.05) is 30.9 Å². The zero-order valence-corrected chi connectivity index (χ0v) is 7.33. The molecule has 1 rings (SSSR count). The van der Waals surface area contributed by atoms with Crippen molar-refractivity contribution in [3.8, 4) is 0 Å². The molecule has 0 fully saturated rings. The minimum absolute atomic E-state index is 0.330. The van der Waals surface area contributed by atoms with Crippen LogP contribution < -0.4 is 11.1 Å². The second kappa shape index (κ2) is 4.85. The Morgan fingerprint density at radius 3 is 2.92 bits per heavy atom. The van der Waals surface area contributed by atoms with Crippen molar-refractivity contribution >= 4 is 0 Å². The van der Waals surface area contributed by atoms with E-state index in [0.29, 0.717) is 12.5 Å². The highest BCUT2D eigenvalue weighted by molar-refractivity contribution is 5.10. The summed E-state index contributed by atoms with van der Waals surface area (Å²) in [6, 6.07) is 5.91. The predicted octanol–water partition coefficient (Wildman–Crippen LogP) is 0.343. The van der Waals surface area contributed by atoms with Gasteiger partial charge >= 0.3 is 0 Å². The van der Waals surface area contributed by atoms with Gasteiger partial charge < -0.3 is 11.1 Å². The highest BCUT2D eigenvalue weighted by Gasteiger charge is 2.08. The molecule has 3 N–H and O–H groups in total. The van der Waals surface area contributed by atoms with Crippen LogP contribution in [0.3, 0.4) is 0 Å². The lowest BCUT2D eigenvalue weighted by Gasteiger charge is -2.12. The molecule has 0 amide bonds. The average molecular weight is 165 g/mol. The van der Waals surface area contributed by atoms with E-state index in [-0.39, 0.29) is 0 Å². The molecule has 1 aromatic heterocycles. The van der Waals surface area contributed by atoms with Gasteiger partial charge in [0.05, 0.1) is 0 Å². The minimum Gasteiger partial charge on any atom is -0.330 e. The van der Waals surface area contributed by atoms with E-state index in [1.807, 2.05) is 25.2 Å². The maximum absolute atomic E-state index is 5.61. The smallest absolute Gasteiger partial charge is 0.0459 e. The third-order valence-electron chi connectivity index (χ3n) is 1.84. The standard InChI is InChI=1S/C9H15N3/c1-11-7-8(6-10)9-4-2-3-5-12-9/h2-5,8,11H,6-7,10H2,1H3. The van der Waals surface area contributed by atoms with Crippen molar-refractivity contribution in [1.82, 2.24) is 10.3 Å². The summed E-state index contributed by atoms with van der Waals surface area (Å²) in [6.45, 7) is 1.52. The minimum atomic E-state index is 0.330. The molecule has 0 aromatic carbocycles. The van der Waals surface area contributed by atoms with Crippen LogP contribution in [0.25, 0.3) is 0 Å². The highest BCUT2D eigenvalue weighted by atomic mass is 14.8. The second-order valence-electron chi connectivity index (χ2n) is 2.74. The van der Waals surface area contributed by atoms with Crippen molar-refractivity contribution in [3.63, 3.8) is 0 Å². The molecule has 0 aliphatic rings. The largest absolute Gasteiger partial charge is 0.330 e. The van der Waals surface area contributed by atoms with Crippen LogP contribution in [0.5, 0.6) is 0 Å². The van der Waals surface area contributed by atoms with Gasteiger partial charge in [-0.25, -0.2) is 0 Å². The van der Waals surface area contributed by atoms with Crippen LogP contribution in [0.15, 0.2) is 24.4 Å². The van der Waals surface area contributed by atoms with Gasteiger partial charge in [-0.1, -0.05) is 6.07 Å². The quantitative estimate of drug-likeness (QED) is 0.676. The van der Waals surface area contributed by atoms with E-state index < -0.39 is 0 Å². The molecular formula is C9H15N3. The van der Waals surface area contributed by atoms with Crippen LogP contribution in [0.4, 0.5) is 0 Å². The molecule has 0 saturated carbocycles. The summed E-state index contributed by atoms with van der Waals surface area (Å²) in [7, 11) is 1.92. The van der Waals surface area contributed by atoms with Gasteiger partial charge in [0.25, 0.3) is 0 Å². The molecular weight excluding hydrogens is 150 g/mol. The fourth-order valence-corrected chi connectivity index (χ4v) is 1.17. The fraction of sp³-hybridized carbons (Fsp3) is 0.444. The third-order valence-corrected chi connectivity index (χ3v) is 1.84. The molecule has 12 heavy (non-hydrogen) atoms. The van der Waals surface area contributed by atoms with Gasteiger partial charge in [0.1, 0.15) is 0 Å². The molecule has 66 valence electrons. The van der Waals surface area contributed by atoms with E-state index in [1.165, 1.54) is 0 Å². The van der Waals surface area contributed by atoms with Crippen molar-refractivity contribution in [1.29, 1.82) is 0 Å². The molecule has 0 aliphatic carbocycles.